The van der Waals surface area contributed by atoms with Gasteiger partial charge in [-0.05, 0) is 18.2 Å². The Bertz CT molecular complexity index is 570. The van der Waals surface area contributed by atoms with Crippen LogP contribution in [0.1, 0.15) is 0 Å². The Morgan fingerprint density at radius 1 is 1.15 bits per heavy atom. The van der Waals surface area contributed by atoms with Crippen LogP contribution in [0.3, 0.4) is 0 Å². The molecule has 0 N–H and O–H groups in total. The first-order chi connectivity index (χ1) is 6.45. The maximum absolute atomic E-state index is 4.12. The molecule has 0 atom stereocenters. The standard InChI is InChI=1S/C9H6N4/c1-2-9-11-6-12-13(9)8-3-4-10-5-7(1)8/h1-6H. The topological polar surface area (TPSA) is 43.1 Å². The second-order valence-corrected chi connectivity index (χ2v) is 2.80. The van der Waals surface area contributed by atoms with Crippen LogP contribution in [0.2, 0.25) is 0 Å². The lowest BCUT2D eigenvalue weighted by atomic mass is 10.3. The van der Waals surface area contributed by atoms with Crippen molar-refractivity contribution in [2.24, 2.45) is 0 Å². The zero-order valence-electron chi connectivity index (χ0n) is 6.75. The highest BCUT2D eigenvalue weighted by molar-refractivity contribution is 5.80. The van der Waals surface area contributed by atoms with E-state index < -0.39 is 0 Å². The minimum Gasteiger partial charge on any atom is -0.264 e. The lowest BCUT2D eigenvalue weighted by Crippen LogP contribution is -1.89. The molecule has 3 aromatic rings. The van der Waals surface area contributed by atoms with Gasteiger partial charge in [0.05, 0.1) is 5.52 Å². The van der Waals surface area contributed by atoms with Crippen LogP contribution in [0.15, 0.2) is 36.9 Å². The van der Waals surface area contributed by atoms with E-state index in [2.05, 4.69) is 15.1 Å². The summed E-state index contributed by atoms with van der Waals surface area (Å²) in [6.07, 6.45) is 5.12. The van der Waals surface area contributed by atoms with Crippen molar-refractivity contribution in [2.45, 2.75) is 0 Å². The van der Waals surface area contributed by atoms with Crippen LogP contribution in [-0.2, 0) is 0 Å². The molecule has 3 aromatic heterocycles. The van der Waals surface area contributed by atoms with Crippen molar-refractivity contribution in [1.82, 2.24) is 19.6 Å². The van der Waals surface area contributed by atoms with Crippen molar-refractivity contribution >= 4 is 16.6 Å². The van der Waals surface area contributed by atoms with Crippen molar-refractivity contribution in [3.05, 3.63) is 36.9 Å². The van der Waals surface area contributed by atoms with E-state index in [1.807, 2.05) is 24.4 Å². The number of hydrogen-bond acceptors (Lipinski definition) is 3. The van der Waals surface area contributed by atoms with E-state index >= 15 is 0 Å². The summed E-state index contributed by atoms with van der Waals surface area (Å²) in [5.74, 6) is 0. The maximum atomic E-state index is 4.12. The van der Waals surface area contributed by atoms with E-state index in [0.29, 0.717) is 0 Å². The third kappa shape index (κ3) is 0.823. The predicted octanol–water partition coefficient (Wildman–Crippen LogP) is 1.28. The molecule has 4 heteroatoms. The highest BCUT2D eigenvalue weighted by Crippen LogP contribution is 2.12. The summed E-state index contributed by atoms with van der Waals surface area (Å²) in [6.45, 7) is 0. The molecule has 3 heterocycles. The van der Waals surface area contributed by atoms with Gasteiger partial charge >= 0.3 is 0 Å². The molecular formula is C9H6N4. The summed E-state index contributed by atoms with van der Waals surface area (Å²) in [6, 6.07) is 5.85. The van der Waals surface area contributed by atoms with Crippen molar-refractivity contribution in [3.63, 3.8) is 0 Å². The Labute approximate surface area is 73.9 Å². The van der Waals surface area contributed by atoms with Crippen LogP contribution in [-0.4, -0.2) is 19.6 Å². The van der Waals surface area contributed by atoms with E-state index in [1.54, 1.807) is 17.0 Å². The van der Waals surface area contributed by atoms with Crippen LogP contribution in [0.25, 0.3) is 16.6 Å². The van der Waals surface area contributed by atoms with E-state index in [-0.39, 0.29) is 0 Å². The zero-order valence-corrected chi connectivity index (χ0v) is 6.75. The van der Waals surface area contributed by atoms with Gasteiger partial charge in [0.15, 0.2) is 5.65 Å². The first-order valence-corrected chi connectivity index (χ1v) is 3.97. The van der Waals surface area contributed by atoms with Crippen LogP contribution >= 0.6 is 0 Å². The molecule has 13 heavy (non-hydrogen) atoms. The number of fused-ring (bicyclic) bond motifs is 3. The Kier molecular flexibility index (Phi) is 1.14. The number of pyridine rings is 2. The molecule has 0 saturated carbocycles. The minimum absolute atomic E-state index is 0.860. The van der Waals surface area contributed by atoms with Gasteiger partial charge < -0.3 is 0 Å². The van der Waals surface area contributed by atoms with E-state index in [1.165, 1.54) is 0 Å². The Hall–Kier alpha value is -1.97. The molecule has 0 radical (unpaired) electrons. The average molecular weight is 170 g/mol. The average Bonchev–Trinajstić information content (AvgIpc) is 2.65. The normalized spacial score (nSPS) is 11.1. The quantitative estimate of drug-likeness (QED) is 0.510. The molecule has 0 amide bonds. The van der Waals surface area contributed by atoms with Crippen molar-refractivity contribution in [1.29, 1.82) is 0 Å². The molecule has 0 spiro atoms. The molecule has 0 aliphatic rings. The minimum atomic E-state index is 0.860. The maximum Gasteiger partial charge on any atom is 0.155 e. The molecule has 0 aromatic carbocycles. The monoisotopic (exact) mass is 170 g/mol. The van der Waals surface area contributed by atoms with Crippen molar-refractivity contribution in [2.75, 3.05) is 0 Å². The molecule has 0 saturated heterocycles. The molecule has 3 rings (SSSR count). The van der Waals surface area contributed by atoms with Crippen molar-refractivity contribution in [3.8, 4) is 0 Å². The fraction of sp³-hybridized carbons (Fsp3) is 0. The van der Waals surface area contributed by atoms with Gasteiger partial charge in [-0.25, -0.2) is 9.50 Å². The number of aromatic nitrogens is 4. The molecular weight excluding hydrogens is 164 g/mol. The second-order valence-electron chi connectivity index (χ2n) is 2.80. The van der Waals surface area contributed by atoms with E-state index in [9.17, 15) is 0 Å². The van der Waals surface area contributed by atoms with Gasteiger partial charge in [-0.15, -0.1) is 0 Å². The third-order valence-corrected chi connectivity index (χ3v) is 2.04. The SMILES string of the molecule is c1cc2c(ccc3ncnn32)cn1. The molecule has 62 valence electrons. The number of rotatable bonds is 0. The summed E-state index contributed by atoms with van der Waals surface area (Å²) < 4.78 is 1.80. The van der Waals surface area contributed by atoms with Gasteiger partial charge in [0.25, 0.3) is 0 Å². The number of nitrogens with zero attached hydrogens (tertiary/aromatic N) is 4. The van der Waals surface area contributed by atoms with Gasteiger partial charge in [0.1, 0.15) is 6.33 Å². The van der Waals surface area contributed by atoms with Crippen LogP contribution < -0.4 is 0 Å². The van der Waals surface area contributed by atoms with Gasteiger partial charge in [-0.3, -0.25) is 4.98 Å². The molecule has 0 unspecified atom stereocenters. The number of hydrogen-bond donors (Lipinski definition) is 0. The summed E-state index contributed by atoms with van der Waals surface area (Å²) >= 11 is 0. The molecule has 0 aliphatic heterocycles. The molecule has 0 aliphatic carbocycles. The van der Waals surface area contributed by atoms with Gasteiger partial charge in [-0.1, -0.05) is 0 Å². The first kappa shape index (κ1) is 6.54. The predicted molar refractivity (Wildman–Crippen MR) is 48.3 cm³/mol. The summed E-state index contributed by atoms with van der Waals surface area (Å²) in [5.41, 5.74) is 1.89. The Morgan fingerprint density at radius 3 is 3.15 bits per heavy atom. The second kappa shape index (κ2) is 2.26. The highest BCUT2D eigenvalue weighted by Gasteiger charge is 1.99. The lowest BCUT2D eigenvalue weighted by molar-refractivity contribution is 1.00. The molecule has 0 bridgehead atoms. The van der Waals surface area contributed by atoms with Crippen LogP contribution in [0.5, 0.6) is 0 Å². The molecule has 0 fully saturated rings. The summed E-state index contributed by atoms with van der Waals surface area (Å²) in [5, 5.41) is 5.19. The van der Waals surface area contributed by atoms with Crippen LogP contribution in [0, 0.1) is 0 Å². The summed E-state index contributed by atoms with van der Waals surface area (Å²) in [7, 11) is 0. The highest BCUT2D eigenvalue weighted by atomic mass is 15.3. The van der Waals surface area contributed by atoms with E-state index in [0.717, 1.165) is 16.6 Å². The fourth-order valence-corrected chi connectivity index (χ4v) is 1.43. The third-order valence-electron chi connectivity index (χ3n) is 2.04. The Morgan fingerprint density at radius 2 is 2.15 bits per heavy atom. The first-order valence-electron chi connectivity index (χ1n) is 3.97. The van der Waals surface area contributed by atoms with Gasteiger partial charge in [0.2, 0.25) is 0 Å². The van der Waals surface area contributed by atoms with Crippen molar-refractivity contribution < 1.29 is 0 Å². The fourth-order valence-electron chi connectivity index (χ4n) is 1.43. The van der Waals surface area contributed by atoms with E-state index in [4.69, 9.17) is 0 Å². The summed E-state index contributed by atoms with van der Waals surface area (Å²) in [4.78, 5) is 8.14. The smallest absolute Gasteiger partial charge is 0.155 e. The zero-order chi connectivity index (χ0) is 8.67. The largest absolute Gasteiger partial charge is 0.264 e. The van der Waals surface area contributed by atoms with Gasteiger partial charge in [-0.2, -0.15) is 5.10 Å². The van der Waals surface area contributed by atoms with Gasteiger partial charge in [0, 0.05) is 17.8 Å². The lowest BCUT2D eigenvalue weighted by Gasteiger charge is -1.97. The Balaban J connectivity index is 2.65. The molecule has 4 nitrogen and oxygen atoms in total. The van der Waals surface area contributed by atoms with Crippen LogP contribution in [0.4, 0.5) is 0 Å².